The van der Waals surface area contributed by atoms with Gasteiger partial charge in [0.2, 0.25) is 0 Å². The number of ketones is 1. The first kappa shape index (κ1) is 13.1. The van der Waals surface area contributed by atoms with E-state index in [2.05, 4.69) is 0 Å². The highest BCUT2D eigenvalue weighted by atomic mass is 16.3. The van der Waals surface area contributed by atoms with Crippen LogP contribution >= 0.6 is 0 Å². The topological polar surface area (TPSA) is 57.5 Å². The number of aromatic hydroxyl groups is 2. The summed E-state index contributed by atoms with van der Waals surface area (Å²) in [4.78, 5) is 12.3. The van der Waals surface area contributed by atoms with Gasteiger partial charge in [-0.15, -0.1) is 0 Å². The third-order valence-corrected chi connectivity index (χ3v) is 3.06. The molecule has 0 aliphatic rings. The molecule has 0 unspecified atom stereocenters. The second kappa shape index (κ2) is 5.14. The van der Waals surface area contributed by atoms with Gasteiger partial charge in [0.25, 0.3) is 0 Å². The average molecular weight is 256 g/mol. The van der Waals surface area contributed by atoms with Crippen LogP contribution in [0.2, 0.25) is 0 Å². The Morgan fingerprint density at radius 2 is 1.63 bits per heavy atom. The van der Waals surface area contributed by atoms with E-state index in [1.807, 2.05) is 19.9 Å². The summed E-state index contributed by atoms with van der Waals surface area (Å²) in [5.41, 5.74) is 1.48. The van der Waals surface area contributed by atoms with E-state index < -0.39 is 0 Å². The van der Waals surface area contributed by atoms with Gasteiger partial charge >= 0.3 is 0 Å². The summed E-state index contributed by atoms with van der Waals surface area (Å²) >= 11 is 0. The Balaban J connectivity index is 2.44. The van der Waals surface area contributed by atoms with Crippen molar-refractivity contribution in [1.82, 2.24) is 0 Å². The van der Waals surface area contributed by atoms with Crippen molar-refractivity contribution in [2.24, 2.45) is 0 Å². The first-order valence-electron chi connectivity index (χ1n) is 6.16. The molecule has 0 heterocycles. The lowest BCUT2D eigenvalue weighted by Crippen LogP contribution is -2.03. The van der Waals surface area contributed by atoms with Gasteiger partial charge in [0.05, 0.1) is 5.56 Å². The van der Waals surface area contributed by atoms with Crippen LogP contribution in [0.15, 0.2) is 42.5 Å². The molecule has 0 amide bonds. The molecule has 0 radical (unpaired) electrons. The van der Waals surface area contributed by atoms with Crippen molar-refractivity contribution in [3.8, 4) is 11.5 Å². The van der Waals surface area contributed by atoms with Crippen molar-refractivity contribution in [2.75, 3.05) is 0 Å². The molecule has 2 aromatic rings. The molecule has 3 nitrogen and oxygen atoms in total. The fourth-order valence-corrected chi connectivity index (χ4v) is 1.98. The Hall–Kier alpha value is -2.29. The second-order valence-electron chi connectivity index (χ2n) is 4.77. The minimum atomic E-state index is -0.250. The van der Waals surface area contributed by atoms with Gasteiger partial charge < -0.3 is 10.2 Å². The quantitative estimate of drug-likeness (QED) is 0.827. The second-order valence-corrected chi connectivity index (χ2v) is 4.77. The molecule has 2 aromatic carbocycles. The average Bonchev–Trinajstić information content (AvgIpc) is 2.38. The number of hydrogen-bond acceptors (Lipinski definition) is 3. The standard InChI is InChI=1S/C16H16O3/c1-10(2)13-4-3-5-14(16(13)19)15(18)11-6-8-12(17)9-7-11/h3-10,17,19H,1-2H3. The van der Waals surface area contributed by atoms with Gasteiger partial charge in [-0.05, 0) is 41.8 Å². The molecule has 0 aliphatic heterocycles. The summed E-state index contributed by atoms with van der Waals surface area (Å²) < 4.78 is 0. The van der Waals surface area contributed by atoms with Gasteiger partial charge in [-0.3, -0.25) is 4.79 Å². The molecule has 0 spiro atoms. The van der Waals surface area contributed by atoms with E-state index in [4.69, 9.17) is 0 Å². The number of phenols is 2. The molecular formula is C16H16O3. The summed E-state index contributed by atoms with van der Waals surface area (Å²) in [7, 11) is 0. The lowest BCUT2D eigenvalue weighted by Gasteiger charge is -2.11. The van der Waals surface area contributed by atoms with Gasteiger partial charge in [-0.2, -0.15) is 0 Å². The predicted octanol–water partition coefficient (Wildman–Crippen LogP) is 3.45. The Morgan fingerprint density at radius 1 is 1.00 bits per heavy atom. The maximum absolute atomic E-state index is 12.3. The van der Waals surface area contributed by atoms with Crippen LogP contribution in [0.3, 0.4) is 0 Å². The molecule has 2 rings (SSSR count). The number of carbonyl (C=O) groups is 1. The van der Waals surface area contributed by atoms with Crippen LogP contribution in [0.25, 0.3) is 0 Å². The smallest absolute Gasteiger partial charge is 0.196 e. The van der Waals surface area contributed by atoms with Gasteiger partial charge in [0.1, 0.15) is 11.5 Å². The minimum Gasteiger partial charge on any atom is -0.508 e. The first-order valence-corrected chi connectivity index (χ1v) is 6.16. The summed E-state index contributed by atoms with van der Waals surface area (Å²) in [6.45, 7) is 3.92. The van der Waals surface area contributed by atoms with Crippen LogP contribution in [0.5, 0.6) is 11.5 Å². The van der Waals surface area contributed by atoms with Crippen molar-refractivity contribution >= 4 is 5.78 Å². The number of para-hydroxylation sites is 1. The van der Waals surface area contributed by atoms with Crippen molar-refractivity contribution < 1.29 is 15.0 Å². The van der Waals surface area contributed by atoms with Crippen LogP contribution in [-0.4, -0.2) is 16.0 Å². The largest absolute Gasteiger partial charge is 0.508 e. The molecule has 19 heavy (non-hydrogen) atoms. The van der Waals surface area contributed by atoms with Crippen molar-refractivity contribution in [3.63, 3.8) is 0 Å². The highest BCUT2D eigenvalue weighted by Gasteiger charge is 2.17. The van der Waals surface area contributed by atoms with Crippen LogP contribution in [0.1, 0.15) is 41.3 Å². The molecule has 0 saturated carbocycles. The van der Waals surface area contributed by atoms with E-state index >= 15 is 0 Å². The monoisotopic (exact) mass is 256 g/mol. The predicted molar refractivity (Wildman–Crippen MR) is 73.7 cm³/mol. The first-order chi connectivity index (χ1) is 9.00. The van der Waals surface area contributed by atoms with Crippen LogP contribution in [0.4, 0.5) is 0 Å². The number of hydrogen-bond donors (Lipinski definition) is 2. The fourth-order valence-electron chi connectivity index (χ4n) is 1.98. The maximum Gasteiger partial charge on any atom is 0.196 e. The highest BCUT2D eigenvalue weighted by molar-refractivity contribution is 6.10. The summed E-state index contributed by atoms with van der Waals surface area (Å²) in [5, 5.41) is 19.4. The van der Waals surface area contributed by atoms with Crippen LogP contribution in [0, 0.1) is 0 Å². The Morgan fingerprint density at radius 3 is 2.21 bits per heavy atom. The van der Waals surface area contributed by atoms with Gasteiger partial charge in [-0.25, -0.2) is 0 Å². The van der Waals surface area contributed by atoms with Crippen molar-refractivity contribution in [2.45, 2.75) is 19.8 Å². The summed E-state index contributed by atoms with van der Waals surface area (Å²) in [6.07, 6.45) is 0. The number of carbonyl (C=O) groups excluding carboxylic acids is 1. The van der Waals surface area contributed by atoms with Gasteiger partial charge in [-0.1, -0.05) is 26.0 Å². The van der Waals surface area contributed by atoms with E-state index in [1.165, 1.54) is 12.1 Å². The Kier molecular flexibility index (Phi) is 3.56. The lowest BCUT2D eigenvalue weighted by molar-refractivity contribution is 0.103. The molecule has 3 heteroatoms. The number of benzene rings is 2. The molecule has 0 saturated heterocycles. The zero-order chi connectivity index (χ0) is 14.0. The van der Waals surface area contributed by atoms with Gasteiger partial charge in [0, 0.05) is 5.56 Å². The van der Waals surface area contributed by atoms with Crippen molar-refractivity contribution in [3.05, 3.63) is 59.2 Å². The zero-order valence-corrected chi connectivity index (χ0v) is 10.9. The van der Waals surface area contributed by atoms with Gasteiger partial charge in [0.15, 0.2) is 5.78 Å². The molecule has 2 N–H and O–H groups in total. The third kappa shape index (κ3) is 2.60. The van der Waals surface area contributed by atoms with E-state index in [0.29, 0.717) is 5.56 Å². The lowest BCUT2D eigenvalue weighted by atomic mass is 9.95. The minimum absolute atomic E-state index is 0.0376. The molecule has 0 aromatic heterocycles. The zero-order valence-electron chi connectivity index (χ0n) is 10.9. The highest BCUT2D eigenvalue weighted by Crippen LogP contribution is 2.30. The van der Waals surface area contributed by atoms with E-state index in [9.17, 15) is 15.0 Å². The molecule has 0 fully saturated rings. The molecule has 98 valence electrons. The maximum atomic E-state index is 12.3. The molecule has 0 atom stereocenters. The summed E-state index contributed by atoms with van der Waals surface area (Å²) in [5.74, 6) is 0.0415. The summed E-state index contributed by atoms with van der Waals surface area (Å²) in [6, 6.07) is 11.2. The van der Waals surface area contributed by atoms with E-state index in [0.717, 1.165) is 5.56 Å². The van der Waals surface area contributed by atoms with E-state index in [-0.39, 0.29) is 28.8 Å². The number of rotatable bonds is 3. The molecular weight excluding hydrogens is 240 g/mol. The number of phenolic OH excluding ortho intramolecular Hbond substituents is 2. The Bertz CT molecular complexity index is 598. The molecule has 0 aliphatic carbocycles. The normalized spacial score (nSPS) is 10.7. The SMILES string of the molecule is CC(C)c1cccc(C(=O)c2ccc(O)cc2)c1O. The Labute approximate surface area is 112 Å². The fraction of sp³-hybridized carbons (Fsp3) is 0.188. The van der Waals surface area contributed by atoms with E-state index in [1.54, 1.807) is 24.3 Å². The van der Waals surface area contributed by atoms with Crippen LogP contribution in [-0.2, 0) is 0 Å². The van der Waals surface area contributed by atoms with Crippen LogP contribution < -0.4 is 0 Å². The van der Waals surface area contributed by atoms with Crippen molar-refractivity contribution in [1.29, 1.82) is 0 Å². The third-order valence-electron chi connectivity index (χ3n) is 3.06. The molecule has 0 bridgehead atoms.